The molecule has 2 fully saturated rings. The summed E-state index contributed by atoms with van der Waals surface area (Å²) in [6, 6.07) is 7.37. The summed E-state index contributed by atoms with van der Waals surface area (Å²) >= 11 is 11.9. The predicted octanol–water partition coefficient (Wildman–Crippen LogP) is 3.32. The smallest absolute Gasteiger partial charge is 0.0595 e. The fraction of sp³-hybridized carbons (Fsp3) is 0.571. The summed E-state index contributed by atoms with van der Waals surface area (Å²) in [4.78, 5) is 2.62. The average molecular weight is 285 g/mol. The van der Waals surface area contributed by atoms with Gasteiger partial charge in [-0.05, 0) is 37.0 Å². The molecule has 0 bridgehead atoms. The molecular formula is C14H18Cl2N2. The second-order valence-corrected chi connectivity index (χ2v) is 6.16. The minimum atomic E-state index is 0.625. The van der Waals surface area contributed by atoms with E-state index in [1.54, 1.807) is 0 Å². The largest absolute Gasteiger partial charge is 0.309 e. The molecule has 98 valence electrons. The molecule has 2 nitrogen and oxygen atoms in total. The summed E-state index contributed by atoms with van der Waals surface area (Å²) in [5, 5.41) is 4.88. The van der Waals surface area contributed by atoms with Gasteiger partial charge in [-0.15, -0.1) is 0 Å². The average Bonchev–Trinajstić information content (AvgIpc) is 3.11. The van der Waals surface area contributed by atoms with Gasteiger partial charge in [0.15, 0.2) is 0 Å². The van der Waals surface area contributed by atoms with Crippen LogP contribution in [0.4, 0.5) is 0 Å². The van der Waals surface area contributed by atoms with Crippen molar-refractivity contribution < 1.29 is 0 Å². The Morgan fingerprint density at radius 1 is 1.17 bits per heavy atom. The lowest BCUT2D eigenvalue weighted by Gasteiger charge is -2.16. The molecule has 4 heteroatoms. The molecule has 1 saturated heterocycles. The minimum absolute atomic E-state index is 0.625. The lowest BCUT2D eigenvalue weighted by Crippen LogP contribution is -2.32. The van der Waals surface area contributed by atoms with Crippen LogP contribution in [-0.2, 0) is 6.54 Å². The highest BCUT2D eigenvalue weighted by atomic mass is 35.5. The standard InChI is InChI=1S/C14H18Cl2N2/c15-13-4-1-10(7-14(13)16)8-17-11-5-6-18(9-11)12-2-3-12/h1,4,7,11-12,17H,2-3,5-6,8-9H2. The first-order valence-electron chi connectivity index (χ1n) is 6.64. The summed E-state index contributed by atoms with van der Waals surface area (Å²) in [6.07, 6.45) is 4.07. The van der Waals surface area contributed by atoms with Gasteiger partial charge in [-0.25, -0.2) is 0 Å². The predicted molar refractivity (Wildman–Crippen MR) is 76.3 cm³/mol. The van der Waals surface area contributed by atoms with Crippen molar-refractivity contribution in [2.75, 3.05) is 13.1 Å². The topological polar surface area (TPSA) is 15.3 Å². The number of nitrogens with zero attached hydrogens (tertiary/aromatic N) is 1. The molecule has 1 aliphatic heterocycles. The maximum Gasteiger partial charge on any atom is 0.0595 e. The highest BCUT2D eigenvalue weighted by molar-refractivity contribution is 6.42. The van der Waals surface area contributed by atoms with Crippen molar-refractivity contribution in [3.63, 3.8) is 0 Å². The highest BCUT2D eigenvalue weighted by Gasteiger charge is 2.33. The number of rotatable bonds is 4. The van der Waals surface area contributed by atoms with Gasteiger partial charge >= 0.3 is 0 Å². The van der Waals surface area contributed by atoms with Crippen LogP contribution >= 0.6 is 23.2 Å². The van der Waals surface area contributed by atoms with Crippen molar-refractivity contribution in [3.05, 3.63) is 33.8 Å². The molecule has 1 N–H and O–H groups in total. The summed E-state index contributed by atoms with van der Waals surface area (Å²) in [5.74, 6) is 0. The molecule has 1 atom stereocenters. The molecule has 1 saturated carbocycles. The molecule has 1 aromatic rings. The van der Waals surface area contributed by atoms with Crippen LogP contribution in [0.1, 0.15) is 24.8 Å². The van der Waals surface area contributed by atoms with E-state index in [-0.39, 0.29) is 0 Å². The van der Waals surface area contributed by atoms with E-state index in [0.717, 1.165) is 12.6 Å². The van der Waals surface area contributed by atoms with E-state index < -0.39 is 0 Å². The van der Waals surface area contributed by atoms with Crippen LogP contribution in [0.25, 0.3) is 0 Å². The Hall–Kier alpha value is -0.280. The highest BCUT2D eigenvalue weighted by Crippen LogP contribution is 2.30. The van der Waals surface area contributed by atoms with Crippen LogP contribution in [0.2, 0.25) is 10.0 Å². The van der Waals surface area contributed by atoms with Gasteiger partial charge in [0.05, 0.1) is 10.0 Å². The van der Waals surface area contributed by atoms with Gasteiger partial charge in [-0.3, -0.25) is 4.90 Å². The monoisotopic (exact) mass is 284 g/mol. The molecule has 1 aromatic carbocycles. The number of nitrogens with one attached hydrogen (secondary N) is 1. The van der Waals surface area contributed by atoms with Crippen LogP contribution in [0.5, 0.6) is 0 Å². The fourth-order valence-electron chi connectivity index (χ4n) is 2.64. The zero-order valence-electron chi connectivity index (χ0n) is 10.3. The third kappa shape index (κ3) is 3.00. The Morgan fingerprint density at radius 3 is 2.72 bits per heavy atom. The normalized spacial score (nSPS) is 24.7. The molecular weight excluding hydrogens is 267 g/mol. The summed E-state index contributed by atoms with van der Waals surface area (Å²) in [5.41, 5.74) is 1.20. The van der Waals surface area contributed by atoms with Crippen molar-refractivity contribution in [1.82, 2.24) is 10.2 Å². The molecule has 1 heterocycles. The molecule has 1 unspecified atom stereocenters. The van der Waals surface area contributed by atoms with Crippen molar-refractivity contribution in [2.24, 2.45) is 0 Å². The van der Waals surface area contributed by atoms with Gasteiger partial charge < -0.3 is 5.32 Å². The molecule has 3 rings (SSSR count). The van der Waals surface area contributed by atoms with Crippen LogP contribution in [0, 0.1) is 0 Å². The minimum Gasteiger partial charge on any atom is -0.309 e. The Labute approximate surface area is 118 Å². The maximum absolute atomic E-state index is 6.01. The molecule has 18 heavy (non-hydrogen) atoms. The van der Waals surface area contributed by atoms with E-state index in [0.29, 0.717) is 16.1 Å². The van der Waals surface area contributed by atoms with Crippen LogP contribution < -0.4 is 5.32 Å². The zero-order valence-corrected chi connectivity index (χ0v) is 11.8. The third-order valence-electron chi connectivity index (χ3n) is 3.86. The van der Waals surface area contributed by atoms with E-state index in [2.05, 4.69) is 10.2 Å². The van der Waals surface area contributed by atoms with Crippen molar-refractivity contribution in [2.45, 2.75) is 37.9 Å². The van der Waals surface area contributed by atoms with E-state index in [1.807, 2.05) is 18.2 Å². The van der Waals surface area contributed by atoms with Crippen molar-refractivity contribution >= 4 is 23.2 Å². The van der Waals surface area contributed by atoms with Gasteiger partial charge in [-0.2, -0.15) is 0 Å². The third-order valence-corrected chi connectivity index (χ3v) is 4.60. The van der Waals surface area contributed by atoms with Crippen molar-refractivity contribution in [3.8, 4) is 0 Å². The van der Waals surface area contributed by atoms with Gasteiger partial charge in [0.1, 0.15) is 0 Å². The van der Waals surface area contributed by atoms with Crippen LogP contribution in [0.15, 0.2) is 18.2 Å². The Bertz CT molecular complexity index is 432. The van der Waals surface area contributed by atoms with Crippen molar-refractivity contribution in [1.29, 1.82) is 0 Å². The fourth-order valence-corrected chi connectivity index (χ4v) is 2.96. The van der Waals surface area contributed by atoms with E-state index in [4.69, 9.17) is 23.2 Å². The van der Waals surface area contributed by atoms with E-state index in [1.165, 1.54) is 37.9 Å². The van der Waals surface area contributed by atoms with Gasteiger partial charge in [0, 0.05) is 31.7 Å². The van der Waals surface area contributed by atoms with Gasteiger partial charge in [-0.1, -0.05) is 29.3 Å². The Balaban J connectivity index is 1.50. The maximum atomic E-state index is 6.01. The van der Waals surface area contributed by atoms with Gasteiger partial charge in [0.25, 0.3) is 0 Å². The molecule has 1 aliphatic carbocycles. The number of hydrogen-bond acceptors (Lipinski definition) is 2. The molecule has 0 spiro atoms. The molecule has 0 radical (unpaired) electrons. The molecule has 0 aromatic heterocycles. The van der Waals surface area contributed by atoms with Crippen LogP contribution in [-0.4, -0.2) is 30.1 Å². The lowest BCUT2D eigenvalue weighted by molar-refractivity contribution is 0.317. The Kier molecular flexibility index (Phi) is 3.81. The SMILES string of the molecule is Clc1ccc(CNC2CCN(C3CC3)C2)cc1Cl. The van der Waals surface area contributed by atoms with Crippen LogP contribution in [0.3, 0.4) is 0 Å². The number of likely N-dealkylation sites (tertiary alicyclic amines) is 1. The zero-order chi connectivity index (χ0) is 12.5. The first-order chi connectivity index (χ1) is 8.72. The number of halogens is 2. The number of hydrogen-bond donors (Lipinski definition) is 1. The summed E-state index contributed by atoms with van der Waals surface area (Å²) in [6.45, 7) is 3.33. The number of benzene rings is 1. The second-order valence-electron chi connectivity index (χ2n) is 5.34. The summed E-state index contributed by atoms with van der Waals surface area (Å²) < 4.78 is 0. The molecule has 2 aliphatic rings. The Morgan fingerprint density at radius 2 is 2.00 bits per heavy atom. The quantitative estimate of drug-likeness (QED) is 0.913. The van der Waals surface area contributed by atoms with Gasteiger partial charge in [0.2, 0.25) is 0 Å². The van der Waals surface area contributed by atoms with E-state index >= 15 is 0 Å². The summed E-state index contributed by atoms with van der Waals surface area (Å²) in [7, 11) is 0. The lowest BCUT2D eigenvalue weighted by atomic mass is 10.2. The van der Waals surface area contributed by atoms with E-state index in [9.17, 15) is 0 Å². The second kappa shape index (κ2) is 5.38. The molecule has 0 amide bonds. The first-order valence-corrected chi connectivity index (χ1v) is 7.39. The first kappa shape index (κ1) is 12.7.